The summed E-state index contributed by atoms with van der Waals surface area (Å²) >= 11 is 1.39. The SMILES string of the molecule is O=C(Nc1nc(C2CC2)cs1)NC1(C(=O)O)CCCCC1. The molecule has 2 amide bonds. The van der Waals surface area contributed by atoms with Crippen LogP contribution in [0.3, 0.4) is 0 Å². The highest BCUT2D eigenvalue weighted by Gasteiger charge is 2.41. The molecule has 0 unspecified atom stereocenters. The number of amides is 2. The second-order valence-corrected chi connectivity index (χ2v) is 6.74. The average molecular weight is 309 g/mol. The second kappa shape index (κ2) is 5.63. The van der Waals surface area contributed by atoms with Gasteiger partial charge in [-0.25, -0.2) is 14.6 Å². The van der Waals surface area contributed by atoms with Gasteiger partial charge < -0.3 is 10.4 Å². The van der Waals surface area contributed by atoms with Crippen LogP contribution in [0.15, 0.2) is 5.38 Å². The number of anilines is 1. The number of nitrogens with zero attached hydrogens (tertiary/aromatic N) is 1. The summed E-state index contributed by atoms with van der Waals surface area (Å²) in [5.41, 5.74) is -0.0975. The van der Waals surface area contributed by atoms with Crippen LogP contribution in [-0.2, 0) is 4.79 Å². The summed E-state index contributed by atoms with van der Waals surface area (Å²) in [5, 5.41) is 17.2. The van der Waals surface area contributed by atoms with E-state index in [-0.39, 0.29) is 0 Å². The summed E-state index contributed by atoms with van der Waals surface area (Å²) < 4.78 is 0. The number of urea groups is 1. The maximum absolute atomic E-state index is 12.1. The molecule has 0 radical (unpaired) electrons. The Bertz CT molecular complexity index is 547. The Kier molecular flexibility index (Phi) is 3.84. The average Bonchev–Trinajstić information content (AvgIpc) is 3.20. The number of nitrogens with one attached hydrogen (secondary N) is 2. The lowest BCUT2D eigenvalue weighted by atomic mass is 9.82. The molecule has 0 aromatic carbocycles. The Morgan fingerprint density at radius 3 is 2.62 bits per heavy atom. The van der Waals surface area contributed by atoms with Gasteiger partial charge in [0.1, 0.15) is 5.54 Å². The fraction of sp³-hybridized carbons (Fsp3) is 0.643. The van der Waals surface area contributed by atoms with E-state index in [1.54, 1.807) is 0 Å². The van der Waals surface area contributed by atoms with Gasteiger partial charge in [0.2, 0.25) is 0 Å². The Morgan fingerprint density at radius 2 is 2.00 bits per heavy atom. The zero-order valence-electron chi connectivity index (χ0n) is 11.7. The third kappa shape index (κ3) is 3.18. The first-order valence-corrected chi connectivity index (χ1v) is 8.25. The Balaban J connectivity index is 1.62. The summed E-state index contributed by atoms with van der Waals surface area (Å²) in [6.45, 7) is 0. The normalized spacial score (nSPS) is 20.8. The number of carboxylic acid groups (broad SMARTS) is 1. The van der Waals surface area contributed by atoms with Crippen LogP contribution in [0, 0.1) is 0 Å². The molecule has 6 nitrogen and oxygen atoms in total. The molecule has 21 heavy (non-hydrogen) atoms. The lowest BCUT2D eigenvalue weighted by Gasteiger charge is -2.33. The molecule has 114 valence electrons. The van der Waals surface area contributed by atoms with Crippen molar-refractivity contribution in [3.05, 3.63) is 11.1 Å². The highest BCUT2D eigenvalue weighted by molar-refractivity contribution is 7.13. The molecule has 0 atom stereocenters. The topological polar surface area (TPSA) is 91.3 Å². The van der Waals surface area contributed by atoms with Crippen LogP contribution >= 0.6 is 11.3 Å². The fourth-order valence-corrected chi connectivity index (χ4v) is 3.59. The monoisotopic (exact) mass is 309 g/mol. The second-order valence-electron chi connectivity index (χ2n) is 5.88. The molecular formula is C14H19N3O3S. The lowest BCUT2D eigenvalue weighted by Crippen LogP contribution is -2.56. The summed E-state index contributed by atoms with van der Waals surface area (Å²) in [7, 11) is 0. The van der Waals surface area contributed by atoms with Crippen LogP contribution in [0.2, 0.25) is 0 Å². The van der Waals surface area contributed by atoms with Crippen LogP contribution < -0.4 is 10.6 Å². The minimum absolute atomic E-state index is 0.476. The first-order chi connectivity index (χ1) is 10.1. The van der Waals surface area contributed by atoms with E-state index in [1.165, 1.54) is 11.3 Å². The summed E-state index contributed by atoms with van der Waals surface area (Å²) in [5.74, 6) is -0.404. The van der Waals surface area contributed by atoms with Crippen molar-refractivity contribution in [2.45, 2.75) is 56.4 Å². The maximum atomic E-state index is 12.1. The number of aromatic nitrogens is 1. The number of thiazole rings is 1. The first kappa shape index (κ1) is 14.3. The smallest absolute Gasteiger partial charge is 0.329 e. The summed E-state index contributed by atoms with van der Waals surface area (Å²) in [6, 6.07) is -0.476. The molecule has 0 spiro atoms. The van der Waals surface area contributed by atoms with Crippen molar-refractivity contribution in [1.82, 2.24) is 10.3 Å². The van der Waals surface area contributed by atoms with E-state index in [2.05, 4.69) is 15.6 Å². The maximum Gasteiger partial charge on any atom is 0.329 e. The van der Waals surface area contributed by atoms with Crippen molar-refractivity contribution in [3.63, 3.8) is 0 Å². The van der Waals surface area contributed by atoms with Gasteiger partial charge in [-0.3, -0.25) is 5.32 Å². The van der Waals surface area contributed by atoms with E-state index in [4.69, 9.17) is 0 Å². The van der Waals surface area contributed by atoms with E-state index in [1.807, 2.05) is 5.38 Å². The Labute approximate surface area is 127 Å². The predicted molar refractivity (Wildman–Crippen MR) is 79.7 cm³/mol. The van der Waals surface area contributed by atoms with Crippen molar-refractivity contribution in [1.29, 1.82) is 0 Å². The third-order valence-electron chi connectivity index (χ3n) is 4.21. The van der Waals surface area contributed by atoms with Gasteiger partial charge in [0.25, 0.3) is 0 Å². The number of carbonyl (C=O) groups excluding carboxylic acids is 1. The molecule has 3 N–H and O–H groups in total. The molecule has 1 heterocycles. The molecule has 0 saturated heterocycles. The number of carboxylic acids is 1. The number of hydrogen-bond acceptors (Lipinski definition) is 4. The lowest BCUT2D eigenvalue weighted by molar-refractivity contribution is -0.145. The zero-order chi connectivity index (χ0) is 14.9. The minimum atomic E-state index is -1.13. The van der Waals surface area contributed by atoms with Crippen LogP contribution in [0.1, 0.15) is 56.6 Å². The Hall–Kier alpha value is -1.63. The number of hydrogen-bond donors (Lipinski definition) is 3. The zero-order valence-corrected chi connectivity index (χ0v) is 12.5. The molecule has 1 aromatic heterocycles. The number of carbonyl (C=O) groups is 2. The van der Waals surface area contributed by atoms with Crippen LogP contribution in [0.5, 0.6) is 0 Å². The van der Waals surface area contributed by atoms with E-state index in [0.717, 1.165) is 37.8 Å². The minimum Gasteiger partial charge on any atom is -0.480 e. The van der Waals surface area contributed by atoms with E-state index in [9.17, 15) is 14.7 Å². The number of rotatable bonds is 4. The molecule has 0 aliphatic heterocycles. The van der Waals surface area contributed by atoms with Crippen molar-refractivity contribution < 1.29 is 14.7 Å². The van der Waals surface area contributed by atoms with Gasteiger partial charge in [-0.05, 0) is 25.7 Å². The van der Waals surface area contributed by atoms with Crippen LogP contribution in [-0.4, -0.2) is 27.6 Å². The van der Waals surface area contributed by atoms with E-state index < -0.39 is 17.5 Å². The van der Waals surface area contributed by atoms with E-state index >= 15 is 0 Å². The molecule has 2 saturated carbocycles. The molecule has 3 rings (SSSR count). The first-order valence-electron chi connectivity index (χ1n) is 7.37. The molecule has 0 bridgehead atoms. The van der Waals surface area contributed by atoms with Gasteiger partial charge in [0, 0.05) is 11.3 Å². The van der Waals surface area contributed by atoms with Gasteiger partial charge in [0.05, 0.1) is 5.69 Å². The van der Waals surface area contributed by atoms with Gasteiger partial charge in [-0.2, -0.15) is 0 Å². The molecule has 2 aliphatic carbocycles. The number of aliphatic carboxylic acids is 1. The van der Waals surface area contributed by atoms with Crippen molar-refractivity contribution >= 4 is 28.5 Å². The third-order valence-corrected chi connectivity index (χ3v) is 4.98. The van der Waals surface area contributed by atoms with Gasteiger partial charge >= 0.3 is 12.0 Å². The summed E-state index contributed by atoms with van der Waals surface area (Å²) in [4.78, 5) is 27.9. The van der Waals surface area contributed by atoms with E-state index in [0.29, 0.717) is 23.9 Å². The van der Waals surface area contributed by atoms with Crippen molar-refractivity contribution in [2.24, 2.45) is 0 Å². The molecule has 2 aliphatic rings. The van der Waals surface area contributed by atoms with Crippen LogP contribution in [0.25, 0.3) is 0 Å². The fourth-order valence-electron chi connectivity index (χ4n) is 2.80. The molecule has 1 aromatic rings. The van der Waals surface area contributed by atoms with Crippen molar-refractivity contribution in [3.8, 4) is 0 Å². The quantitative estimate of drug-likeness (QED) is 0.797. The summed E-state index contributed by atoms with van der Waals surface area (Å²) in [6.07, 6.45) is 5.98. The molecule has 7 heteroatoms. The van der Waals surface area contributed by atoms with Crippen molar-refractivity contribution in [2.75, 3.05) is 5.32 Å². The van der Waals surface area contributed by atoms with Gasteiger partial charge in [0.15, 0.2) is 5.13 Å². The van der Waals surface area contributed by atoms with Gasteiger partial charge in [-0.1, -0.05) is 19.3 Å². The molecular weight excluding hydrogens is 290 g/mol. The largest absolute Gasteiger partial charge is 0.480 e. The highest BCUT2D eigenvalue weighted by atomic mass is 32.1. The standard InChI is InChI=1S/C14H19N3O3S/c18-11(19)14(6-2-1-3-7-14)17-12(20)16-13-15-10(8-21-13)9-4-5-9/h8-9H,1-7H2,(H,18,19)(H2,15,16,17,20). The Morgan fingerprint density at radius 1 is 1.29 bits per heavy atom. The van der Waals surface area contributed by atoms with Crippen LogP contribution in [0.4, 0.5) is 9.93 Å². The van der Waals surface area contributed by atoms with Gasteiger partial charge in [-0.15, -0.1) is 11.3 Å². The molecule has 2 fully saturated rings. The highest BCUT2D eigenvalue weighted by Crippen LogP contribution is 2.40. The predicted octanol–water partition coefficient (Wildman–Crippen LogP) is 2.93.